The van der Waals surface area contributed by atoms with E-state index in [1.807, 2.05) is 0 Å². The Morgan fingerprint density at radius 3 is 2.38 bits per heavy atom. The fourth-order valence-electron chi connectivity index (χ4n) is 2.46. The fraction of sp³-hybridized carbons (Fsp3) is 0.429. The molecular weight excluding hydrogens is 296 g/mol. The Balaban J connectivity index is 2.13. The molecule has 112 valence electrons. The van der Waals surface area contributed by atoms with Crippen LogP contribution in [-0.4, -0.2) is 33.3 Å². The van der Waals surface area contributed by atoms with E-state index < -0.39 is 23.2 Å². The maximum Gasteiger partial charge on any atom is 0.329 e. The van der Waals surface area contributed by atoms with Crippen LogP contribution in [0.15, 0.2) is 18.3 Å². The molecule has 0 atom stereocenters. The van der Waals surface area contributed by atoms with Gasteiger partial charge in [-0.15, -0.1) is 0 Å². The lowest BCUT2D eigenvalue weighted by Gasteiger charge is -2.33. The number of nitrogens with one attached hydrogen (secondary N) is 1. The van der Waals surface area contributed by atoms with E-state index in [0.717, 1.165) is 6.42 Å². The number of halogens is 1. The Hall–Kier alpha value is -1.95. The summed E-state index contributed by atoms with van der Waals surface area (Å²) >= 11 is 5.61. The van der Waals surface area contributed by atoms with E-state index in [1.54, 1.807) is 0 Å². The summed E-state index contributed by atoms with van der Waals surface area (Å²) in [5, 5.41) is 12.0. The van der Waals surface area contributed by atoms with Crippen molar-refractivity contribution in [1.82, 2.24) is 10.3 Å². The molecule has 0 aliphatic heterocycles. The van der Waals surface area contributed by atoms with E-state index in [4.69, 9.17) is 11.6 Å². The van der Waals surface area contributed by atoms with Gasteiger partial charge in [0, 0.05) is 11.8 Å². The first-order chi connectivity index (χ1) is 9.94. The number of rotatable bonds is 4. The number of carboxylic acids is 1. The smallest absolute Gasteiger partial charge is 0.329 e. The minimum atomic E-state index is -1.34. The third-order valence-corrected chi connectivity index (χ3v) is 3.89. The molecular formula is C14H15ClN2O4. The Kier molecular flexibility index (Phi) is 4.57. The number of carbonyl (C=O) groups excluding carboxylic acids is 2. The second-order valence-electron chi connectivity index (χ2n) is 5.10. The average Bonchev–Trinajstić information content (AvgIpc) is 2.48. The van der Waals surface area contributed by atoms with E-state index in [9.17, 15) is 19.5 Å². The molecule has 0 saturated heterocycles. The third kappa shape index (κ3) is 3.39. The predicted molar refractivity (Wildman–Crippen MR) is 75.2 cm³/mol. The van der Waals surface area contributed by atoms with Crippen LogP contribution in [0.4, 0.5) is 0 Å². The van der Waals surface area contributed by atoms with Crippen molar-refractivity contribution >= 4 is 29.3 Å². The normalized spacial score (nSPS) is 17.0. The number of carbonyl (C=O) groups is 3. The standard InChI is InChI=1S/C14H15ClN2O4/c15-10-5-4-9(8-16-10)11(18)12(19)17-14(13(20)21)6-2-1-3-7-14/h4-5,8H,1-3,6-7H2,(H,17,19)(H,20,21). The Bertz CT molecular complexity index is 565. The van der Waals surface area contributed by atoms with Crippen LogP contribution >= 0.6 is 11.6 Å². The number of hydrogen-bond donors (Lipinski definition) is 2. The molecule has 1 amide bonds. The van der Waals surface area contributed by atoms with Crippen molar-refractivity contribution in [3.63, 3.8) is 0 Å². The highest BCUT2D eigenvalue weighted by molar-refractivity contribution is 6.43. The number of pyridine rings is 1. The minimum absolute atomic E-state index is 0.0771. The predicted octanol–water partition coefficient (Wildman–Crippen LogP) is 1.82. The Morgan fingerprint density at radius 2 is 1.86 bits per heavy atom. The van der Waals surface area contributed by atoms with Gasteiger partial charge in [-0.1, -0.05) is 30.9 Å². The van der Waals surface area contributed by atoms with Gasteiger partial charge in [-0.25, -0.2) is 9.78 Å². The molecule has 2 rings (SSSR count). The van der Waals surface area contributed by atoms with Crippen molar-refractivity contribution in [3.8, 4) is 0 Å². The lowest BCUT2D eigenvalue weighted by molar-refractivity contribution is -0.148. The number of carboxylic acid groups (broad SMARTS) is 1. The number of aliphatic carboxylic acids is 1. The van der Waals surface area contributed by atoms with Crippen LogP contribution in [-0.2, 0) is 9.59 Å². The van der Waals surface area contributed by atoms with Crippen LogP contribution in [0.3, 0.4) is 0 Å². The lowest BCUT2D eigenvalue weighted by Crippen LogP contribution is -2.57. The Morgan fingerprint density at radius 1 is 1.19 bits per heavy atom. The molecule has 0 radical (unpaired) electrons. The van der Waals surface area contributed by atoms with Crippen molar-refractivity contribution < 1.29 is 19.5 Å². The monoisotopic (exact) mass is 310 g/mol. The number of ketones is 1. The average molecular weight is 311 g/mol. The molecule has 21 heavy (non-hydrogen) atoms. The maximum atomic E-state index is 12.0. The maximum absolute atomic E-state index is 12.0. The Labute approximate surface area is 126 Å². The molecule has 1 heterocycles. The zero-order chi connectivity index (χ0) is 15.5. The number of aromatic nitrogens is 1. The molecule has 0 unspecified atom stereocenters. The molecule has 0 spiro atoms. The van der Waals surface area contributed by atoms with E-state index in [1.165, 1.54) is 18.3 Å². The highest BCUT2D eigenvalue weighted by Crippen LogP contribution is 2.28. The highest BCUT2D eigenvalue weighted by atomic mass is 35.5. The van der Waals surface area contributed by atoms with Crippen LogP contribution in [0.2, 0.25) is 5.15 Å². The van der Waals surface area contributed by atoms with Gasteiger partial charge in [0.25, 0.3) is 11.7 Å². The molecule has 1 saturated carbocycles. The number of Topliss-reactive ketones (excluding diaryl/α,β-unsaturated/α-hetero) is 1. The SMILES string of the molecule is O=C(NC1(C(=O)O)CCCCC1)C(=O)c1ccc(Cl)nc1. The molecule has 0 aromatic carbocycles. The first-order valence-electron chi connectivity index (χ1n) is 6.66. The first kappa shape index (κ1) is 15.4. The van der Waals surface area contributed by atoms with Crippen LogP contribution in [0.25, 0.3) is 0 Å². The molecule has 0 bridgehead atoms. The summed E-state index contributed by atoms with van der Waals surface area (Å²) in [7, 11) is 0. The van der Waals surface area contributed by atoms with Gasteiger partial charge in [0.15, 0.2) is 0 Å². The summed E-state index contributed by atoms with van der Waals surface area (Å²) in [5.41, 5.74) is -1.27. The largest absolute Gasteiger partial charge is 0.480 e. The zero-order valence-electron chi connectivity index (χ0n) is 11.3. The summed E-state index contributed by atoms with van der Waals surface area (Å²) in [4.78, 5) is 39.2. The topological polar surface area (TPSA) is 96.4 Å². The van der Waals surface area contributed by atoms with Gasteiger partial charge in [0.1, 0.15) is 10.7 Å². The fourth-order valence-corrected chi connectivity index (χ4v) is 2.57. The van der Waals surface area contributed by atoms with E-state index in [2.05, 4.69) is 10.3 Å². The molecule has 6 nitrogen and oxygen atoms in total. The molecule has 1 aliphatic carbocycles. The second kappa shape index (κ2) is 6.22. The molecule has 1 fully saturated rings. The van der Waals surface area contributed by atoms with Gasteiger partial charge in [-0.3, -0.25) is 9.59 Å². The summed E-state index contributed by atoms with van der Waals surface area (Å²) < 4.78 is 0. The second-order valence-corrected chi connectivity index (χ2v) is 5.49. The van der Waals surface area contributed by atoms with Gasteiger partial charge in [-0.05, 0) is 25.0 Å². The molecule has 7 heteroatoms. The van der Waals surface area contributed by atoms with E-state index in [-0.39, 0.29) is 10.7 Å². The van der Waals surface area contributed by atoms with Crippen molar-refractivity contribution in [3.05, 3.63) is 29.0 Å². The zero-order valence-corrected chi connectivity index (χ0v) is 12.0. The number of amides is 1. The van der Waals surface area contributed by atoms with Gasteiger partial charge < -0.3 is 10.4 Å². The molecule has 2 N–H and O–H groups in total. The quantitative estimate of drug-likeness (QED) is 0.502. The van der Waals surface area contributed by atoms with Crippen LogP contribution < -0.4 is 5.32 Å². The van der Waals surface area contributed by atoms with Gasteiger partial charge >= 0.3 is 5.97 Å². The minimum Gasteiger partial charge on any atom is -0.480 e. The van der Waals surface area contributed by atoms with Crippen LogP contribution in [0, 0.1) is 0 Å². The summed E-state index contributed by atoms with van der Waals surface area (Å²) in [6.07, 6.45) is 4.21. The molecule has 1 aromatic heterocycles. The van der Waals surface area contributed by atoms with E-state index >= 15 is 0 Å². The van der Waals surface area contributed by atoms with Crippen molar-refractivity contribution in [2.75, 3.05) is 0 Å². The number of nitrogens with zero attached hydrogens (tertiary/aromatic N) is 1. The summed E-state index contributed by atoms with van der Waals surface area (Å²) in [6.45, 7) is 0. The van der Waals surface area contributed by atoms with Crippen LogP contribution in [0.5, 0.6) is 0 Å². The van der Waals surface area contributed by atoms with Gasteiger partial charge in [0.05, 0.1) is 0 Å². The molecule has 1 aliphatic rings. The number of hydrogen-bond acceptors (Lipinski definition) is 4. The van der Waals surface area contributed by atoms with Gasteiger partial charge in [-0.2, -0.15) is 0 Å². The molecule has 1 aromatic rings. The van der Waals surface area contributed by atoms with Crippen molar-refractivity contribution in [1.29, 1.82) is 0 Å². The van der Waals surface area contributed by atoms with E-state index in [0.29, 0.717) is 25.7 Å². The third-order valence-electron chi connectivity index (χ3n) is 3.67. The highest BCUT2D eigenvalue weighted by Gasteiger charge is 2.42. The lowest BCUT2D eigenvalue weighted by atomic mass is 9.81. The van der Waals surface area contributed by atoms with Crippen molar-refractivity contribution in [2.45, 2.75) is 37.6 Å². The summed E-state index contributed by atoms with van der Waals surface area (Å²) in [6, 6.07) is 2.78. The van der Waals surface area contributed by atoms with Crippen LogP contribution in [0.1, 0.15) is 42.5 Å². The summed E-state index contributed by atoms with van der Waals surface area (Å²) in [5.74, 6) is -2.84. The first-order valence-corrected chi connectivity index (χ1v) is 7.04. The van der Waals surface area contributed by atoms with Gasteiger partial charge in [0.2, 0.25) is 0 Å². The van der Waals surface area contributed by atoms with Crippen molar-refractivity contribution in [2.24, 2.45) is 0 Å².